The quantitative estimate of drug-likeness (QED) is 0.804. The minimum absolute atomic E-state index is 0.101. The largest absolute Gasteiger partial charge is 0.493 e. The fourth-order valence-corrected chi connectivity index (χ4v) is 4.08. The van der Waals surface area contributed by atoms with Gasteiger partial charge in [-0.05, 0) is 57.2 Å². The first-order valence-corrected chi connectivity index (χ1v) is 8.96. The molecule has 1 saturated heterocycles. The normalized spacial score (nSPS) is 18.3. The van der Waals surface area contributed by atoms with Crippen LogP contribution in [0.5, 0.6) is 23.0 Å². The molecule has 2 aliphatic rings. The zero-order chi connectivity index (χ0) is 19.2. The van der Waals surface area contributed by atoms with Gasteiger partial charge in [-0.1, -0.05) is 0 Å². The van der Waals surface area contributed by atoms with Gasteiger partial charge in [0.05, 0.1) is 25.2 Å². The Bertz CT molecular complexity index is 903. The number of ether oxygens (including phenoxy) is 3. The van der Waals surface area contributed by atoms with Gasteiger partial charge in [0.2, 0.25) is 0 Å². The van der Waals surface area contributed by atoms with Crippen LogP contribution in [-0.2, 0) is 5.41 Å². The lowest BCUT2D eigenvalue weighted by Crippen LogP contribution is -2.45. The summed E-state index contributed by atoms with van der Waals surface area (Å²) in [6.07, 6.45) is 1.26. The van der Waals surface area contributed by atoms with Crippen LogP contribution < -0.4 is 14.2 Å². The molecule has 0 aliphatic carbocycles. The standard InChI is InChI=1S/C21H22FNO4/c1-23-8-6-21(7-9-23)15-11-18(25-2)19(26-3)12-17(15)27-16-5-4-13(22)10-14(16)20(21)24/h4-5,10-12H,6-9H2,1-3H3. The van der Waals surface area contributed by atoms with Crippen LogP contribution in [0, 0.1) is 5.82 Å². The second-order valence-electron chi connectivity index (χ2n) is 7.16. The number of Topliss-reactive ketones (excluding diaryl/α,β-unsaturated/α-hetero) is 1. The average Bonchev–Trinajstić information content (AvgIpc) is 2.77. The molecule has 0 bridgehead atoms. The van der Waals surface area contributed by atoms with Crippen molar-refractivity contribution in [1.29, 1.82) is 0 Å². The number of methoxy groups -OCH3 is 2. The van der Waals surface area contributed by atoms with E-state index < -0.39 is 11.2 Å². The van der Waals surface area contributed by atoms with Crippen molar-refractivity contribution in [2.24, 2.45) is 0 Å². The van der Waals surface area contributed by atoms with Crippen LogP contribution in [0.1, 0.15) is 28.8 Å². The molecule has 5 nitrogen and oxygen atoms in total. The molecular formula is C21H22FNO4. The first-order valence-electron chi connectivity index (χ1n) is 8.96. The Labute approximate surface area is 157 Å². The van der Waals surface area contributed by atoms with Crippen LogP contribution in [0.15, 0.2) is 30.3 Å². The highest BCUT2D eigenvalue weighted by Crippen LogP contribution is 2.51. The topological polar surface area (TPSA) is 48.0 Å². The monoisotopic (exact) mass is 371 g/mol. The molecule has 2 heterocycles. The molecule has 2 aliphatic heterocycles. The summed E-state index contributed by atoms with van der Waals surface area (Å²) in [5.74, 6) is 1.44. The van der Waals surface area contributed by atoms with Gasteiger partial charge in [-0.3, -0.25) is 4.79 Å². The molecule has 142 valence electrons. The Kier molecular flexibility index (Phi) is 4.30. The van der Waals surface area contributed by atoms with Crippen molar-refractivity contribution < 1.29 is 23.4 Å². The summed E-state index contributed by atoms with van der Waals surface area (Å²) in [7, 11) is 5.16. The van der Waals surface area contributed by atoms with Gasteiger partial charge in [0.25, 0.3) is 0 Å². The van der Waals surface area contributed by atoms with Crippen LogP contribution in [0.4, 0.5) is 4.39 Å². The van der Waals surface area contributed by atoms with Gasteiger partial charge >= 0.3 is 0 Å². The van der Waals surface area contributed by atoms with Crippen molar-refractivity contribution in [3.63, 3.8) is 0 Å². The average molecular weight is 371 g/mol. The fraction of sp³-hybridized carbons (Fsp3) is 0.381. The van der Waals surface area contributed by atoms with Gasteiger partial charge in [-0.15, -0.1) is 0 Å². The SMILES string of the molecule is COc1cc2c(cc1OC)C1(CCN(C)CC1)C(=O)c1cc(F)ccc1O2. The lowest BCUT2D eigenvalue weighted by molar-refractivity contribution is 0.0795. The number of likely N-dealkylation sites (tertiary alicyclic amines) is 1. The number of ketones is 1. The van der Waals surface area contributed by atoms with Gasteiger partial charge in [0.1, 0.15) is 17.3 Å². The van der Waals surface area contributed by atoms with E-state index in [1.165, 1.54) is 18.2 Å². The fourth-order valence-electron chi connectivity index (χ4n) is 4.08. The van der Waals surface area contributed by atoms with Crippen LogP contribution in [0.3, 0.4) is 0 Å². The number of rotatable bonds is 2. The second kappa shape index (κ2) is 6.53. The molecule has 0 amide bonds. The summed E-state index contributed by atoms with van der Waals surface area (Å²) in [4.78, 5) is 15.8. The Morgan fingerprint density at radius 1 is 1.04 bits per heavy atom. The highest BCUT2D eigenvalue weighted by molar-refractivity contribution is 6.07. The molecule has 1 spiro atoms. The van der Waals surface area contributed by atoms with E-state index >= 15 is 0 Å². The third kappa shape index (κ3) is 2.75. The molecule has 27 heavy (non-hydrogen) atoms. The molecule has 0 aromatic heterocycles. The molecule has 2 aromatic carbocycles. The molecule has 0 saturated carbocycles. The van der Waals surface area contributed by atoms with Crippen molar-refractivity contribution in [1.82, 2.24) is 4.90 Å². The van der Waals surface area contributed by atoms with Crippen molar-refractivity contribution in [3.05, 3.63) is 47.3 Å². The summed E-state index contributed by atoms with van der Waals surface area (Å²) in [5, 5.41) is 0. The third-order valence-electron chi connectivity index (χ3n) is 5.68. The van der Waals surface area contributed by atoms with E-state index in [-0.39, 0.29) is 11.3 Å². The van der Waals surface area contributed by atoms with Gasteiger partial charge < -0.3 is 19.1 Å². The van der Waals surface area contributed by atoms with E-state index in [1.807, 2.05) is 13.1 Å². The molecule has 0 unspecified atom stereocenters. The number of halogens is 1. The Hall–Kier alpha value is -2.60. The molecule has 0 atom stereocenters. The maximum absolute atomic E-state index is 13.9. The van der Waals surface area contributed by atoms with Crippen LogP contribution in [-0.4, -0.2) is 45.0 Å². The number of piperidine rings is 1. The maximum Gasteiger partial charge on any atom is 0.177 e. The van der Waals surface area contributed by atoms with Crippen molar-refractivity contribution in [2.75, 3.05) is 34.4 Å². The minimum atomic E-state index is -0.777. The van der Waals surface area contributed by atoms with E-state index in [9.17, 15) is 9.18 Å². The van der Waals surface area contributed by atoms with Crippen molar-refractivity contribution in [3.8, 4) is 23.0 Å². The molecule has 6 heteroatoms. The van der Waals surface area contributed by atoms with E-state index in [4.69, 9.17) is 14.2 Å². The molecule has 0 N–H and O–H groups in total. The van der Waals surface area contributed by atoms with Crippen LogP contribution in [0.2, 0.25) is 0 Å². The third-order valence-corrected chi connectivity index (χ3v) is 5.68. The van der Waals surface area contributed by atoms with E-state index in [2.05, 4.69) is 4.90 Å². The number of fused-ring (bicyclic) bond motifs is 3. The number of carbonyl (C=O) groups is 1. The first-order chi connectivity index (χ1) is 13.0. The van der Waals surface area contributed by atoms with Gasteiger partial charge in [0, 0.05) is 11.6 Å². The van der Waals surface area contributed by atoms with Crippen molar-refractivity contribution >= 4 is 5.78 Å². The molecule has 4 rings (SSSR count). The molecule has 1 fully saturated rings. The minimum Gasteiger partial charge on any atom is -0.493 e. The van der Waals surface area contributed by atoms with Gasteiger partial charge in [-0.25, -0.2) is 4.39 Å². The molecular weight excluding hydrogens is 349 g/mol. The Morgan fingerprint density at radius 3 is 2.37 bits per heavy atom. The van der Waals surface area contributed by atoms with E-state index in [1.54, 1.807) is 20.3 Å². The zero-order valence-electron chi connectivity index (χ0n) is 15.7. The maximum atomic E-state index is 13.9. The van der Waals surface area contributed by atoms with E-state index in [0.29, 0.717) is 35.8 Å². The molecule has 0 radical (unpaired) electrons. The Morgan fingerprint density at radius 2 is 1.70 bits per heavy atom. The van der Waals surface area contributed by atoms with Crippen LogP contribution in [0.25, 0.3) is 0 Å². The number of carbonyl (C=O) groups excluding carboxylic acids is 1. The number of hydrogen-bond acceptors (Lipinski definition) is 5. The lowest BCUT2D eigenvalue weighted by atomic mass is 9.68. The predicted octanol–water partition coefficient (Wildman–Crippen LogP) is 3.79. The summed E-state index contributed by atoms with van der Waals surface area (Å²) < 4.78 is 30.9. The highest BCUT2D eigenvalue weighted by atomic mass is 19.1. The smallest absolute Gasteiger partial charge is 0.177 e. The van der Waals surface area contributed by atoms with Crippen molar-refractivity contribution in [2.45, 2.75) is 18.3 Å². The first kappa shape index (κ1) is 17.8. The Balaban J connectivity index is 1.98. The molecule has 2 aromatic rings. The summed E-state index contributed by atoms with van der Waals surface area (Å²) >= 11 is 0. The highest BCUT2D eigenvalue weighted by Gasteiger charge is 2.47. The summed E-state index contributed by atoms with van der Waals surface area (Å²) in [6.45, 7) is 1.54. The summed E-state index contributed by atoms with van der Waals surface area (Å²) in [6, 6.07) is 7.67. The predicted molar refractivity (Wildman–Crippen MR) is 98.8 cm³/mol. The summed E-state index contributed by atoms with van der Waals surface area (Å²) in [5.41, 5.74) is 0.281. The van der Waals surface area contributed by atoms with Crippen LogP contribution >= 0.6 is 0 Å². The number of hydrogen-bond donors (Lipinski definition) is 0. The number of benzene rings is 2. The lowest BCUT2D eigenvalue weighted by Gasteiger charge is -2.39. The number of nitrogens with zero attached hydrogens (tertiary/aromatic N) is 1. The second-order valence-corrected chi connectivity index (χ2v) is 7.16. The zero-order valence-corrected chi connectivity index (χ0v) is 15.7. The van der Waals surface area contributed by atoms with E-state index in [0.717, 1.165) is 18.7 Å². The van der Waals surface area contributed by atoms with Gasteiger partial charge in [0.15, 0.2) is 17.3 Å². The van der Waals surface area contributed by atoms with Gasteiger partial charge in [-0.2, -0.15) is 0 Å².